The highest BCUT2D eigenvalue weighted by Gasteiger charge is 2.44. The van der Waals surface area contributed by atoms with E-state index < -0.39 is 0 Å². The zero-order chi connectivity index (χ0) is 28.4. The van der Waals surface area contributed by atoms with Gasteiger partial charge in [0.1, 0.15) is 17.7 Å². The van der Waals surface area contributed by atoms with Crippen molar-refractivity contribution in [1.82, 2.24) is 39.1 Å². The number of carbonyl (C=O) groups is 2. The fourth-order valence-electron chi connectivity index (χ4n) is 6.66. The number of anilines is 3. The van der Waals surface area contributed by atoms with Crippen molar-refractivity contribution >= 4 is 46.0 Å². The Hall–Kier alpha value is -4.65. The average molecular weight is 569 g/mol. The highest BCUT2D eigenvalue weighted by molar-refractivity contribution is 6.03. The standard InChI is InChI=1S/C29H32N10O3/c1-34-9-11-35(12-10-34)26(40)18-37-15-19(14-30-37)31-29-32-27-24(3-2-8-38(27)33-29)36-16-20-4-5-21(17-36)39(20)28(41)23-13-22-6-7-25(23)42-22/h2-3,6-8,13-15,20-21H,4-5,9-12,16-18H2,1H3,(H,31,33). The van der Waals surface area contributed by atoms with Gasteiger partial charge in [0.25, 0.3) is 5.91 Å². The number of benzene rings is 1. The molecule has 0 aliphatic carbocycles. The molecular formula is C29H32N10O3. The largest absolute Gasteiger partial charge is 0.457 e. The molecule has 8 rings (SSSR count). The first-order valence-electron chi connectivity index (χ1n) is 14.5. The van der Waals surface area contributed by atoms with E-state index in [1.807, 2.05) is 35.4 Å². The van der Waals surface area contributed by atoms with Crippen LogP contribution in [0.15, 0.2) is 53.3 Å². The molecule has 3 aliphatic rings. The van der Waals surface area contributed by atoms with Crippen molar-refractivity contribution in [2.45, 2.75) is 31.5 Å². The molecule has 4 bridgehead atoms. The maximum Gasteiger partial charge on any atom is 0.258 e. The van der Waals surface area contributed by atoms with Crippen LogP contribution in [0.5, 0.6) is 0 Å². The lowest BCUT2D eigenvalue weighted by molar-refractivity contribution is -0.133. The van der Waals surface area contributed by atoms with Gasteiger partial charge in [0.05, 0.1) is 23.1 Å². The highest BCUT2D eigenvalue weighted by atomic mass is 16.3. The molecule has 13 heteroatoms. The maximum atomic E-state index is 13.5. The predicted molar refractivity (Wildman–Crippen MR) is 155 cm³/mol. The number of furan rings is 2. The Labute approximate surface area is 241 Å². The first kappa shape index (κ1) is 25.1. The number of fused-ring (bicyclic) bond motifs is 5. The van der Waals surface area contributed by atoms with Gasteiger partial charge in [-0.05, 0) is 50.2 Å². The molecule has 42 heavy (non-hydrogen) atoms. The molecule has 5 aromatic heterocycles. The molecule has 0 spiro atoms. The van der Waals surface area contributed by atoms with Crippen molar-refractivity contribution in [3.8, 4) is 0 Å². The lowest BCUT2D eigenvalue weighted by Crippen LogP contribution is -2.56. The van der Waals surface area contributed by atoms with Crippen LogP contribution in [0.4, 0.5) is 17.3 Å². The fourth-order valence-corrected chi connectivity index (χ4v) is 6.66. The van der Waals surface area contributed by atoms with Gasteiger partial charge >= 0.3 is 0 Å². The summed E-state index contributed by atoms with van der Waals surface area (Å²) in [5.41, 5.74) is 4.53. The molecule has 13 nitrogen and oxygen atoms in total. The van der Waals surface area contributed by atoms with E-state index in [1.54, 1.807) is 21.6 Å². The Balaban J connectivity index is 0.961. The zero-order valence-corrected chi connectivity index (χ0v) is 23.4. The van der Waals surface area contributed by atoms with Gasteiger partial charge in [0.15, 0.2) is 5.65 Å². The van der Waals surface area contributed by atoms with Crippen molar-refractivity contribution in [3.05, 3.63) is 54.5 Å². The number of pyridine rings is 1. The van der Waals surface area contributed by atoms with Crippen LogP contribution in [-0.2, 0) is 11.3 Å². The molecule has 216 valence electrons. The van der Waals surface area contributed by atoms with Crippen LogP contribution < -0.4 is 10.2 Å². The first-order valence-corrected chi connectivity index (χ1v) is 14.5. The number of rotatable bonds is 6. The van der Waals surface area contributed by atoms with E-state index in [9.17, 15) is 9.59 Å². The van der Waals surface area contributed by atoms with Gasteiger partial charge in [-0.25, -0.2) is 4.52 Å². The van der Waals surface area contributed by atoms with Crippen molar-refractivity contribution in [3.63, 3.8) is 0 Å². The van der Waals surface area contributed by atoms with E-state index in [0.29, 0.717) is 22.8 Å². The third kappa shape index (κ3) is 4.31. The Morgan fingerprint density at radius 1 is 1.07 bits per heavy atom. The molecule has 2 amide bonds. The van der Waals surface area contributed by atoms with Gasteiger partial charge in [0, 0.05) is 63.7 Å². The second kappa shape index (κ2) is 9.72. The first-order chi connectivity index (χ1) is 20.5. The lowest BCUT2D eigenvalue weighted by atomic mass is 10.1. The van der Waals surface area contributed by atoms with Gasteiger partial charge in [-0.1, -0.05) is 0 Å². The second-order valence-corrected chi connectivity index (χ2v) is 11.6. The zero-order valence-electron chi connectivity index (χ0n) is 23.4. The van der Waals surface area contributed by atoms with E-state index in [4.69, 9.17) is 9.40 Å². The summed E-state index contributed by atoms with van der Waals surface area (Å²) in [6.07, 6.45) is 7.33. The quantitative estimate of drug-likeness (QED) is 0.328. The van der Waals surface area contributed by atoms with Crippen molar-refractivity contribution in [1.29, 1.82) is 0 Å². The molecule has 2 unspecified atom stereocenters. The molecule has 5 aromatic rings. The average Bonchev–Trinajstić information content (AvgIpc) is 3.82. The summed E-state index contributed by atoms with van der Waals surface area (Å²) < 4.78 is 9.06. The van der Waals surface area contributed by atoms with Crippen LogP contribution in [-0.4, -0.2) is 109 Å². The highest BCUT2D eigenvalue weighted by Crippen LogP contribution is 2.36. The summed E-state index contributed by atoms with van der Waals surface area (Å²) in [7, 11) is 2.07. The van der Waals surface area contributed by atoms with E-state index in [0.717, 1.165) is 69.0 Å². The van der Waals surface area contributed by atoms with Gasteiger partial charge in [-0.2, -0.15) is 10.1 Å². The second-order valence-electron chi connectivity index (χ2n) is 11.6. The predicted octanol–water partition coefficient (Wildman–Crippen LogP) is 2.12. The Morgan fingerprint density at radius 3 is 2.62 bits per heavy atom. The van der Waals surface area contributed by atoms with Gasteiger partial charge in [-0.15, -0.1) is 5.10 Å². The van der Waals surface area contributed by atoms with Gasteiger partial charge < -0.3 is 29.3 Å². The van der Waals surface area contributed by atoms with Crippen molar-refractivity contribution in [2.75, 3.05) is 56.5 Å². The van der Waals surface area contributed by atoms with Crippen LogP contribution in [0.1, 0.15) is 23.2 Å². The summed E-state index contributed by atoms with van der Waals surface area (Å²) in [4.78, 5) is 39.5. The molecule has 0 radical (unpaired) electrons. The number of nitrogens with one attached hydrogen (secondary N) is 1. The van der Waals surface area contributed by atoms with Crippen LogP contribution >= 0.6 is 0 Å². The number of nitrogens with zero attached hydrogens (tertiary/aromatic N) is 9. The van der Waals surface area contributed by atoms with E-state index >= 15 is 0 Å². The minimum absolute atomic E-state index is 0.0643. The molecule has 8 heterocycles. The van der Waals surface area contributed by atoms with Crippen LogP contribution in [0.2, 0.25) is 0 Å². The number of likely N-dealkylation sites (N-methyl/N-ethyl adjacent to an activating group) is 1. The molecule has 2 atom stereocenters. The topological polar surface area (TPSA) is 120 Å². The lowest BCUT2D eigenvalue weighted by Gasteiger charge is -2.42. The number of carbonyl (C=O) groups excluding carboxylic acids is 2. The summed E-state index contributed by atoms with van der Waals surface area (Å²) >= 11 is 0. The summed E-state index contributed by atoms with van der Waals surface area (Å²) in [6, 6.07) is 9.92. The molecule has 3 aliphatic heterocycles. The smallest absolute Gasteiger partial charge is 0.258 e. The molecule has 0 aromatic carbocycles. The van der Waals surface area contributed by atoms with Crippen molar-refractivity contribution in [2.24, 2.45) is 0 Å². The normalized spacial score (nSPS) is 21.2. The fraction of sp³-hybridized carbons (Fsp3) is 0.414. The molecule has 3 fully saturated rings. The number of amides is 2. The van der Waals surface area contributed by atoms with E-state index in [-0.39, 0.29) is 30.4 Å². The van der Waals surface area contributed by atoms with Crippen LogP contribution in [0, 0.1) is 0 Å². The molecule has 1 N–H and O–H groups in total. The number of piperazine rings is 2. The summed E-state index contributed by atoms with van der Waals surface area (Å²) in [6.45, 7) is 4.93. The minimum Gasteiger partial charge on any atom is -0.457 e. The Morgan fingerprint density at radius 2 is 1.88 bits per heavy atom. The van der Waals surface area contributed by atoms with Crippen LogP contribution in [0.3, 0.4) is 0 Å². The van der Waals surface area contributed by atoms with Gasteiger partial charge in [0.2, 0.25) is 11.9 Å². The third-order valence-corrected chi connectivity index (χ3v) is 8.85. The Kier molecular flexibility index (Phi) is 5.81. The number of hydrogen-bond acceptors (Lipinski definition) is 9. The number of aromatic nitrogens is 5. The minimum atomic E-state index is 0.0643. The van der Waals surface area contributed by atoms with E-state index in [2.05, 4.69) is 43.3 Å². The monoisotopic (exact) mass is 568 g/mol. The molecule has 0 saturated carbocycles. The number of hydrogen-bond donors (Lipinski definition) is 1. The Bertz CT molecular complexity index is 1750. The summed E-state index contributed by atoms with van der Waals surface area (Å²) in [5.74, 6) is 0.587. The van der Waals surface area contributed by atoms with Crippen LogP contribution in [0.25, 0.3) is 16.8 Å². The van der Waals surface area contributed by atoms with E-state index in [1.165, 1.54) is 0 Å². The maximum absolute atomic E-state index is 13.5. The van der Waals surface area contributed by atoms with Crippen molar-refractivity contribution < 1.29 is 14.0 Å². The molecule has 3 saturated heterocycles. The molecular weight excluding hydrogens is 536 g/mol. The third-order valence-electron chi connectivity index (χ3n) is 8.85. The SMILES string of the molecule is CN1CCN(C(=O)Cn2cc(Nc3nc4c(N5CC6CCC(C5)N6C(=O)c5cc6ccc5o6)cccn4n3)cn2)CC1. The summed E-state index contributed by atoms with van der Waals surface area (Å²) in [5, 5.41) is 12.2. The van der Waals surface area contributed by atoms with Gasteiger partial charge in [-0.3, -0.25) is 14.3 Å².